The van der Waals surface area contributed by atoms with Gasteiger partial charge < -0.3 is 14.9 Å². The molecule has 0 bridgehead atoms. The van der Waals surface area contributed by atoms with E-state index in [1.54, 1.807) is 6.07 Å². The summed E-state index contributed by atoms with van der Waals surface area (Å²) in [6.45, 7) is 6.16. The summed E-state index contributed by atoms with van der Waals surface area (Å²) in [5, 5.41) is 14.7. The highest BCUT2D eigenvalue weighted by Crippen LogP contribution is 2.40. The van der Waals surface area contributed by atoms with E-state index >= 15 is 0 Å². The Balaban J connectivity index is 1.18. The molecule has 15 heteroatoms. The van der Waals surface area contributed by atoms with Gasteiger partial charge in [-0.2, -0.15) is 22.6 Å². The van der Waals surface area contributed by atoms with Crippen LogP contribution < -0.4 is 0 Å². The van der Waals surface area contributed by atoms with Crippen LogP contribution in [0.3, 0.4) is 0 Å². The Morgan fingerprint density at radius 3 is 2.47 bits per heavy atom. The highest BCUT2D eigenvalue weighted by molar-refractivity contribution is 7.99. The van der Waals surface area contributed by atoms with E-state index in [0.29, 0.717) is 55.5 Å². The van der Waals surface area contributed by atoms with Crippen molar-refractivity contribution < 1.29 is 31.5 Å². The summed E-state index contributed by atoms with van der Waals surface area (Å²) in [7, 11) is -3.48. The Morgan fingerprint density at radius 2 is 1.78 bits per heavy atom. The number of likely N-dealkylation sites (tertiary alicyclic amines) is 3. The molecule has 4 aliphatic heterocycles. The van der Waals surface area contributed by atoms with E-state index in [-0.39, 0.29) is 30.0 Å². The van der Waals surface area contributed by atoms with Gasteiger partial charge in [-0.3, -0.25) is 14.4 Å². The number of carbonyl (C=O) groups is 1. The maximum absolute atomic E-state index is 14.2. The van der Waals surface area contributed by atoms with Crippen LogP contribution in [0, 0.1) is 0 Å². The predicted octanol–water partition coefficient (Wildman–Crippen LogP) is 4.30. The van der Waals surface area contributed by atoms with E-state index < -0.39 is 21.8 Å². The van der Waals surface area contributed by atoms with Gasteiger partial charge in [-0.25, -0.2) is 8.42 Å². The second-order valence-electron chi connectivity index (χ2n) is 13.9. The third-order valence-electron chi connectivity index (χ3n) is 10.7. The first-order valence-electron chi connectivity index (χ1n) is 17.7. The SMILES string of the molecule is CS(=O)(=O)N1CCc2c(c(-c3ccc(C(F)(F)F)c(SCCN4CCCCC4CO)c3)nn2CCCN2CCC(N3CCCC3=O)CC2)C1. The summed E-state index contributed by atoms with van der Waals surface area (Å²) in [4.78, 5) is 19.0. The number of rotatable bonds is 12. The highest BCUT2D eigenvalue weighted by atomic mass is 32.2. The van der Waals surface area contributed by atoms with Crippen LogP contribution in [0.5, 0.6) is 0 Å². The molecule has 1 unspecified atom stereocenters. The average Bonchev–Trinajstić information content (AvgIpc) is 3.67. The number of aliphatic hydroxyl groups is 1. The lowest BCUT2D eigenvalue weighted by molar-refractivity contribution is -0.139. The molecule has 4 aliphatic rings. The predicted molar refractivity (Wildman–Crippen MR) is 184 cm³/mol. The quantitative estimate of drug-likeness (QED) is 0.324. The molecule has 1 aromatic carbocycles. The van der Waals surface area contributed by atoms with Crippen molar-refractivity contribution in [2.45, 2.75) is 94.0 Å². The molecule has 0 saturated carbocycles. The van der Waals surface area contributed by atoms with Crippen LogP contribution in [0.2, 0.25) is 0 Å². The third-order valence-corrected chi connectivity index (χ3v) is 13.0. The van der Waals surface area contributed by atoms with E-state index in [1.807, 2.05) is 4.68 Å². The molecule has 3 fully saturated rings. The van der Waals surface area contributed by atoms with E-state index in [9.17, 15) is 31.5 Å². The number of thioether (sulfide) groups is 1. The van der Waals surface area contributed by atoms with E-state index in [0.717, 1.165) is 107 Å². The van der Waals surface area contributed by atoms with Gasteiger partial charge in [-0.15, -0.1) is 11.8 Å². The maximum atomic E-state index is 14.2. The van der Waals surface area contributed by atoms with E-state index in [2.05, 4.69) is 14.7 Å². The van der Waals surface area contributed by atoms with Crippen LogP contribution in [-0.4, -0.2) is 125 Å². The summed E-state index contributed by atoms with van der Waals surface area (Å²) < 4.78 is 71.0. The molecular weight excluding hydrogens is 678 g/mol. The molecule has 0 spiro atoms. The lowest BCUT2D eigenvalue weighted by Gasteiger charge is -2.36. The van der Waals surface area contributed by atoms with Crippen molar-refractivity contribution in [3.63, 3.8) is 0 Å². The molecular formula is C34H49F3N6O4S2. The lowest BCUT2D eigenvalue weighted by atomic mass is 10.0. The number of piperidine rings is 2. The van der Waals surface area contributed by atoms with Gasteiger partial charge in [0.25, 0.3) is 0 Å². The number of fused-ring (bicyclic) bond motifs is 1. The number of carbonyl (C=O) groups excluding carboxylic acids is 1. The number of aliphatic hydroxyl groups excluding tert-OH is 1. The normalized spacial score (nSPS) is 22.3. The second-order valence-corrected chi connectivity index (χ2v) is 17.0. The third kappa shape index (κ3) is 8.66. The Kier molecular flexibility index (Phi) is 11.7. The molecule has 5 heterocycles. The zero-order chi connectivity index (χ0) is 34.8. The van der Waals surface area contributed by atoms with E-state index in [1.165, 1.54) is 16.6 Å². The Labute approximate surface area is 292 Å². The van der Waals surface area contributed by atoms with Crippen molar-refractivity contribution >= 4 is 27.7 Å². The van der Waals surface area contributed by atoms with Crippen molar-refractivity contribution in [2.75, 3.05) is 64.4 Å². The zero-order valence-electron chi connectivity index (χ0n) is 28.3. The summed E-state index contributed by atoms with van der Waals surface area (Å²) in [6, 6.07) is 4.52. The number of nitrogens with zero attached hydrogens (tertiary/aromatic N) is 6. The van der Waals surface area contributed by atoms with E-state index in [4.69, 9.17) is 5.10 Å². The number of sulfonamides is 1. The summed E-state index contributed by atoms with van der Waals surface area (Å²) in [5.41, 5.74) is 2.08. The fraction of sp³-hybridized carbons (Fsp3) is 0.706. The summed E-state index contributed by atoms with van der Waals surface area (Å²) in [5.74, 6) is 0.725. The molecule has 3 saturated heterocycles. The van der Waals surface area contributed by atoms with Crippen LogP contribution in [-0.2, 0) is 40.5 Å². The summed E-state index contributed by atoms with van der Waals surface area (Å²) >= 11 is 1.16. The lowest BCUT2D eigenvalue weighted by Crippen LogP contribution is -2.45. The number of hydrogen-bond acceptors (Lipinski definition) is 8. The van der Waals surface area contributed by atoms with Crippen LogP contribution in [0.1, 0.15) is 68.2 Å². The first-order valence-corrected chi connectivity index (χ1v) is 20.5. The molecule has 272 valence electrons. The average molecular weight is 727 g/mol. The van der Waals surface area contributed by atoms with Gasteiger partial charge in [0.15, 0.2) is 0 Å². The standard InChI is InChI=1S/C34H49F3N6O4S2/c1-49(46,47)41-19-12-30-28(23-41)33(38-43(30)16-5-13-39-17-10-26(11-18-39)42-15-4-7-32(42)45)25-8-9-29(34(35,36)37)31(22-25)48-21-20-40-14-3-2-6-27(40)24-44/h8-9,22,26-27,44H,2-7,10-21,23-24H2,1H3. The number of halogens is 3. The van der Waals surface area contributed by atoms with Crippen LogP contribution in [0.15, 0.2) is 23.1 Å². The molecule has 1 aromatic heterocycles. The summed E-state index contributed by atoms with van der Waals surface area (Å²) in [6.07, 6.45) is 4.49. The topological polar surface area (TPSA) is 102 Å². The fourth-order valence-corrected chi connectivity index (χ4v) is 9.86. The number of aromatic nitrogens is 2. The Bertz CT molecular complexity index is 1580. The molecule has 10 nitrogen and oxygen atoms in total. The smallest absolute Gasteiger partial charge is 0.395 e. The number of hydrogen-bond donors (Lipinski definition) is 1. The molecule has 49 heavy (non-hydrogen) atoms. The van der Waals surface area contributed by atoms with Crippen molar-refractivity contribution in [3.8, 4) is 11.3 Å². The van der Waals surface area contributed by atoms with Gasteiger partial charge in [-0.1, -0.05) is 12.5 Å². The van der Waals surface area contributed by atoms with Gasteiger partial charge in [0.1, 0.15) is 0 Å². The van der Waals surface area contributed by atoms with Gasteiger partial charge >= 0.3 is 6.18 Å². The van der Waals surface area contributed by atoms with Gasteiger partial charge in [0.2, 0.25) is 15.9 Å². The maximum Gasteiger partial charge on any atom is 0.417 e. The minimum Gasteiger partial charge on any atom is -0.395 e. The first-order chi connectivity index (χ1) is 23.4. The fourth-order valence-electron chi connectivity index (χ4n) is 7.98. The first kappa shape index (κ1) is 36.6. The molecule has 2 aromatic rings. The van der Waals surface area contributed by atoms with Gasteiger partial charge in [-0.05, 0) is 63.7 Å². The van der Waals surface area contributed by atoms with Crippen LogP contribution in [0.25, 0.3) is 11.3 Å². The Hall–Kier alpha value is -2.17. The molecule has 1 N–H and O–H groups in total. The van der Waals surface area contributed by atoms with Gasteiger partial charge in [0, 0.05) is 98.2 Å². The molecule has 6 rings (SSSR count). The van der Waals surface area contributed by atoms with Crippen molar-refractivity contribution in [1.82, 2.24) is 28.8 Å². The molecule has 1 atom stereocenters. The minimum atomic E-state index is -4.52. The van der Waals surface area contributed by atoms with Gasteiger partial charge in [0.05, 0.1) is 24.1 Å². The highest BCUT2D eigenvalue weighted by Gasteiger charge is 2.36. The zero-order valence-corrected chi connectivity index (χ0v) is 30.0. The monoisotopic (exact) mass is 726 g/mol. The number of aryl methyl sites for hydroxylation is 1. The van der Waals surface area contributed by atoms with Crippen molar-refractivity contribution in [3.05, 3.63) is 35.0 Å². The molecule has 1 amide bonds. The number of alkyl halides is 3. The second kappa shape index (κ2) is 15.6. The molecule has 0 aliphatic carbocycles. The molecule has 0 radical (unpaired) electrons. The largest absolute Gasteiger partial charge is 0.417 e. The van der Waals surface area contributed by atoms with Crippen molar-refractivity contribution in [1.29, 1.82) is 0 Å². The Morgan fingerprint density at radius 1 is 0.980 bits per heavy atom. The minimum absolute atomic E-state index is 0.0449. The van der Waals surface area contributed by atoms with Crippen molar-refractivity contribution in [2.24, 2.45) is 0 Å². The van der Waals surface area contributed by atoms with Crippen LogP contribution in [0.4, 0.5) is 13.2 Å². The van der Waals surface area contributed by atoms with Crippen LogP contribution >= 0.6 is 11.8 Å². The number of amides is 1. The number of benzene rings is 1.